The standard InChI is InChI=1S/C35H42Cl2N8O5.C35H43ClN8O5.C31H36ClN7O4/c1-41(2)13-5-6-29(46)43-14-11-26(12-15-43)45-33-23(22-44(35(45)47)32-30(36)27(48-3)20-28(49-4)31(32)37)21-38-34(40-33)39-24-7-9-25(10-8-24)42-16-18-50-19-17-42;1-40(2)13-5-6-31(45)42-14-11-27(12-15-42)44-33-24(23-43(35(44)46)29-20-28(47-3)21-30(48-4)32(29)36)22-37-34(39-33)38-25-7-9-26(10-8-25)41-16-18-49-19-17-41;1-36(2)14-8-11-27(40)37-15-12-23(13-16-37)39-29-21(19-33-30(35-29)34-22-9-6-5-7-10-22)20-38(31(39)41)25-17-24(42-3)18-26(43-4)28(25)32/h5-10,20-21,26H,11-19,22H2,1-4H3,(H,38,39,40);5-10,20-22,27H,11-19,23H2,1-4H3,(H,37,38,39);5-11,17-19,23H,12-16,20H2,1-4H3,(H,33,34,35)/b2*6-5+;11-8+. The van der Waals surface area contributed by atoms with Crippen LogP contribution in [0.4, 0.5) is 95.2 Å². The molecular weight excluding hydrogens is 1900 g/mol. The number of fused-ring (bicyclic) bond motifs is 3. The van der Waals surface area contributed by atoms with E-state index in [1.807, 2.05) is 145 Å². The van der Waals surface area contributed by atoms with Crippen LogP contribution in [0.2, 0.25) is 20.1 Å². The topological polar surface area (TPSA) is 335 Å². The lowest BCUT2D eigenvalue weighted by Gasteiger charge is -2.43. The Hall–Kier alpha value is -13.2. The maximum atomic E-state index is 14.6. The van der Waals surface area contributed by atoms with Gasteiger partial charge in [0.15, 0.2) is 0 Å². The zero-order chi connectivity index (χ0) is 100. The molecule has 0 bridgehead atoms. The van der Waals surface area contributed by atoms with Gasteiger partial charge in [-0.15, -0.1) is 0 Å². The van der Waals surface area contributed by atoms with Gasteiger partial charge in [0.2, 0.25) is 35.6 Å². The summed E-state index contributed by atoms with van der Waals surface area (Å²) in [7, 11) is 20.8. The predicted molar refractivity (Wildman–Crippen MR) is 554 cm³/mol. The largest absolute Gasteiger partial charge is 0.497 e. The van der Waals surface area contributed by atoms with E-state index in [9.17, 15) is 28.8 Å². The minimum atomic E-state index is -0.355. The Morgan fingerprint density at radius 3 is 1.00 bits per heavy atom. The first kappa shape index (κ1) is 103. The molecule has 6 aromatic carbocycles. The van der Waals surface area contributed by atoms with Gasteiger partial charge < -0.3 is 93.0 Å². The average Bonchev–Trinajstić information content (AvgIpc) is 0.760. The Kier molecular flexibility index (Phi) is 34.9. The molecule has 3 N–H and O–H groups in total. The molecule has 3 aromatic heterocycles. The third-order valence-electron chi connectivity index (χ3n) is 25.5. The number of morpholine rings is 2. The lowest BCUT2D eigenvalue weighted by Crippen LogP contribution is -2.55. The molecule has 0 spiro atoms. The number of nitrogens with zero attached hydrogens (tertiary/aromatic N) is 20. The van der Waals surface area contributed by atoms with Crippen LogP contribution >= 0.6 is 46.4 Å². The summed E-state index contributed by atoms with van der Waals surface area (Å²) in [6, 6.07) is 32.6. The molecule has 8 aliphatic heterocycles. The van der Waals surface area contributed by atoms with E-state index in [-0.39, 0.29) is 89.3 Å². The molecule has 9 aromatic rings. The van der Waals surface area contributed by atoms with Crippen molar-refractivity contribution in [1.82, 2.24) is 59.3 Å². The minimum Gasteiger partial charge on any atom is -0.497 e. The Morgan fingerprint density at radius 1 is 0.387 bits per heavy atom. The number of para-hydroxylation sites is 1. The molecule has 0 radical (unpaired) electrons. The van der Waals surface area contributed by atoms with Crippen molar-refractivity contribution in [1.29, 1.82) is 0 Å². The molecule has 37 nitrogen and oxygen atoms in total. The molecule has 0 atom stereocenters. The van der Waals surface area contributed by atoms with Crippen molar-refractivity contribution in [2.75, 3.05) is 252 Å². The van der Waals surface area contributed by atoms with Crippen molar-refractivity contribution in [3.05, 3.63) is 201 Å². The van der Waals surface area contributed by atoms with Gasteiger partial charge in [0.1, 0.15) is 72.0 Å². The molecule has 0 saturated carbocycles. The molecule has 11 heterocycles. The highest BCUT2D eigenvalue weighted by molar-refractivity contribution is 6.42. The Labute approximate surface area is 847 Å². The summed E-state index contributed by atoms with van der Waals surface area (Å²) in [5.41, 5.74) is 8.14. The van der Waals surface area contributed by atoms with Crippen molar-refractivity contribution in [3.63, 3.8) is 0 Å². The second-order valence-corrected chi connectivity index (χ2v) is 37.1. The summed E-state index contributed by atoms with van der Waals surface area (Å²) in [4.78, 5) is 137. The zero-order valence-electron chi connectivity index (χ0n) is 81.9. The van der Waals surface area contributed by atoms with Gasteiger partial charge in [-0.3, -0.25) is 43.8 Å². The van der Waals surface area contributed by atoms with Crippen LogP contribution in [0.25, 0.3) is 0 Å². The Morgan fingerprint density at radius 2 is 0.690 bits per heavy atom. The fourth-order valence-electron chi connectivity index (χ4n) is 17.9. The quantitative estimate of drug-likeness (QED) is 0.0367. The Balaban J connectivity index is 0.000000161. The summed E-state index contributed by atoms with van der Waals surface area (Å²) < 4.78 is 43.9. The van der Waals surface area contributed by atoms with Crippen LogP contribution in [-0.4, -0.2) is 310 Å². The van der Waals surface area contributed by atoms with Crippen LogP contribution in [-0.2, 0) is 43.5 Å². The van der Waals surface area contributed by atoms with Crippen LogP contribution in [0.1, 0.15) is 55.2 Å². The van der Waals surface area contributed by atoms with Crippen molar-refractivity contribution in [3.8, 4) is 34.5 Å². The molecule has 17 rings (SSSR count). The number of carbonyl (C=O) groups excluding carboxylic acids is 6. The molecule has 5 saturated heterocycles. The second-order valence-electron chi connectivity index (χ2n) is 35.6. The molecule has 0 unspecified atom stereocenters. The maximum absolute atomic E-state index is 14.6. The number of aromatic nitrogens is 6. The summed E-state index contributed by atoms with van der Waals surface area (Å²) in [5.74, 6) is 5.01. The molecule has 41 heteroatoms. The number of likely N-dealkylation sites (N-methyl/N-ethyl adjacent to an activating group) is 3. The first-order valence-corrected chi connectivity index (χ1v) is 48.6. The number of likely N-dealkylation sites (tertiary alicyclic amines) is 3. The number of ether oxygens (including phenoxy) is 8. The lowest BCUT2D eigenvalue weighted by molar-refractivity contribution is -0.127. The molecule has 9 amide bonds. The van der Waals surface area contributed by atoms with Gasteiger partial charge in [0.05, 0.1) is 106 Å². The van der Waals surface area contributed by atoms with E-state index in [2.05, 4.69) is 65.0 Å². The molecule has 0 aliphatic carbocycles. The first-order valence-electron chi connectivity index (χ1n) is 47.1. The highest BCUT2D eigenvalue weighted by atomic mass is 35.5. The van der Waals surface area contributed by atoms with Crippen LogP contribution in [0.15, 0.2) is 164 Å². The van der Waals surface area contributed by atoms with Crippen molar-refractivity contribution < 1.29 is 66.7 Å². The van der Waals surface area contributed by atoms with E-state index in [0.717, 1.165) is 79.0 Å². The highest BCUT2D eigenvalue weighted by Crippen LogP contribution is 2.51. The summed E-state index contributed by atoms with van der Waals surface area (Å²) >= 11 is 27.2. The van der Waals surface area contributed by atoms with Gasteiger partial charge in [-0.2, -0.15) is 15.0 Å². The number of urea groups is 3. The minimum absolute atomic E-state index is 0.0285. The van der Waals surface area contributed by atoms with E-state index in [4.69, 9.17) is 99.3 Å². The summed E-state index contributed by atoms with van der Waals surface area (Å²) in [6.07, 6.45) is 19.1. The van der Waals surface area contributed by atoms with Gasteiger partial charge in [-0.25, -0.2) is 29.3 Å². The smallest absolute Gasteiger partial charge is 0.330 e. The number of hydrogen-bond donors (Lipinski definition) is 3. The molecule has 5 fully saturated rings. The number of rotatable bonds is 29. The number of methoxy groups -OCH3 is 6. The van der Waals surface area contributed by atoms with Crippen LogP contribution in [0, 0.1) is 0 Å². The number of nitrogens with one attached hydrogen (secondary N) is 3. The highest BCUT2D eigenvalue weighted by Gasteiger charge is 2.45. The fourth-order valence-corrected chi connectivity index (χ4v) is 19.2. The SMILES string of the molecule is COc1cc(OC)c(Cl)c(N2Cc3cnc(Nc4ccc(N5CCOCC5)cc4)nc3N(C3CCN(C(=O)/C=C/CN(C)C)CC3)C2=O)c1.COc1cc(OC)c(Cl)c(N2Cc3cnc(Nc4ccc(N5CCOCC5)cc4)nc3N(C3CCN(C(=O)/C=C/CN(C)C)CC3)C2=O)c1Cl.COc1cc(OC)c(Cl)c(N2Cc3cnc(Nc4ccccc4)nc3N(C3CCN(C(=O)/C=C/CN(C)C)CC3)C2=O)c1. The van der Waals surface area contributed by atoms with E-state index in [1.165, 1.54) is 33.3 Å². The first-order chi connectivity index (χ1) is 68.7. The van der Waals surface area contributed by atoms with Crippen LogP contribution < -0.4 is 83.6 Å². The van der Waals surface area contributed by atoms with Crippen molar-refractivity contribution in [2.45, 2.75) is 76.3 Å². The normalized spacial score (nSPS) is 16.7. The zero-order valence-corrected chi connectivity index (χ0v) is 84.9. The molecule has 142 heavy (non-hydrogen) atoms. The maximum Gasteiger partial charge on any atom is 0.330 e. The van der Waals surface area contributed by atoms with E-state index in [0.29, 0.717) is 207 Å². The van der Waals surface area contributed by atoms with Gasteiger partial charge >= 0.3 is 18.1 Å². The van der Waals surface area contributed by atoms with Crippen molar-refractivity contribution >= 4 is 163 Å². The predicted octanol–water partition coefficient (Wildman–Crippen LogP) is 15.2. The van der Waals surface area contributed by atoms with E-state index >= 15 is 0 Å². The molecule has 8 aliphatic rings. The summed E-state index contributed by atoms with van der Waals surface area (Å²) in [6.45, 7) is 11.8. The monoisotopic (exact) mass is 2020 g/mol. The molecular formula is C101H121Cl4N23O14. The number of halogens is 4. The van der Waals surface area contributed by atoms with Gasteiger partial charge in [0.25, 0.3) is 0 Å². The molecule has 752 valence electrons. The van der Waals surface area contributed by atoms with E-state index in [1.54, 1.807) is 106 Å². The second kappa shape index (κ2) is 48.0. The number of hydrogen-bond acceptors (Lipinski definition) is 28. The number of carbonyl (C=O) groups is 6. The number of piperidine rings is 3. The van der Waals surface area contributed by atoms with Gasteiger partial charge in [0, 0.05) is 215 Å². The van der Waals surface area contributed by atoms with Gasteiger partial charge in [-0.1, -0.05) is 82.8 Å². The number of anilines is 14. The summed E-state index contributed by atoms with van der Waals surface area (Å²) in [5, 5.41) is 10.8. The third-order valence-corrected chi connectivity index (χ3v) is 26.9. The fraction of sp³-hybridized carbons (Fsp3) is 0.406. The number of benzene rings is 6. The van der Waals surface area contributed by atoms with Gasteiger partial charge in [-0.05, 0) is 141 Å². The van der Waals surface area contributed by atoms with E-state index < -0.39 is 0 Å². The average molecular weight is 2020 g/mol. The van der Waals surface area contributed by atoms with Crippen LogP contribution in [0.5, 0.6) is 34.5 Å². The number of amides is 9. The Bertz CT molecular complexity index is 6010. The lowest BCUT2D eigenvalue weighted by atomic mass is 10.0. The van der Waals surface area contributed by atoms with Crippen LogP contribution in [0.3, 0.4) is 0 Å². The third kappa shape index (κ3) is 24.6. The van der Waals surface area contributed by atoms with Crippen molar-refractivity contribution in [2.24, 2.45) is 0 Å².